The third kappa shape index (κ3) is 7.18. The van der Waals surface area contributed by atoms with Crippen LogP contribution in [0.2, 0.25) is 0 Å². The van der Waals surface area contributed by atoms with E-state index < -0.39 is 0 Å². The molecule has 0 spiro atoms. The number of nitrogens with zero attached hydrogens (tertiary/aromatic N) is 2. The predicted octanol–water partition coefficient (Wildman–Crippen LogP) is 3.94. The van der Waals surface area contributed by atoms with Crippen molar-refractivity contribution in [2.75, 3.05) is 39.4 Å². The van der Waals surface area contributed by atoms with Crippen molar-refractivity contribution >= 4 is 41.3 Å². The Balaban J connectivity index is 0.00000261. The molecule has 2 fully saturated rings. The number of aliphatic imine (C=N–C) groups is 1. The third-order valence-corrected chi connectivity index (χ3v) is 6.39. The van der Waals surface area contributed by atoms with Gasteiger partial charge < -0.3 is 15.4 Å². The highest BCUT2D eigenvalue weighted by atomic mass is 127. The molecule has 1 aliphatic carbocycles. The maximum atomic E-state index is 5.56. The van der Waals surface area contributed by atoms with Crippen LogP contribution in [0.15, 0.2) is 17.1 Å². The number of halogens is 1. The molecule has 1 saturated carbocycles. The van der Waals surface area contributed by atoms with Crippen LogP contribution in [0.4, 0.5) is 0 Å². The summed E-state index contributed by atoms with van der Waals surface area (Å²) in [6, 6.07) is 5.42. The van der Waals surface area contributed by atoms with Crippen molar-refractivity contribution < 1.29 is 4.74 Å². The molecule has 0 aromatic carbocycles. The Hall–Kier alpha value is -0.380. The molecule has 2 N–H and O–H groups in total. The second kappa shape index (κ2) is 12.2. The zero-order valence-electron chi connectivity index (χ0n) is 16.7. The standard InChI is InChI=1S/C20H34N4OS.HI/c1-3-21-20(23-17-7-5-4-6-8-17)22-15-18(19-10-9-16(2)26-19)24-11-13-25-14-12-24;/h9-10,17-18H,3-8,11-15H2,1-2H3,(H2,21,22,23);1H. The number of hydrogen-bond acceptors (Lipinski definition) is 4. The van der Waals surface area contributed by atoms with Crippen LogP contribution in [0.1, 0.15) is 54.8 Å². The molecule has 3 rings (SSSR count). The van der Waals surface area contributed by atoms with E-state index in [9.17, 15) is 0 Å². The number of hydrogen-bond donors (Lipinski definition) is 2. The third-order valence-electron chi connectivity index (χ3n) is 5.29. The van der Waals surface area contributed by atoms with E-state index >= 15 is 0 Å². The van der Waals surface area contributed by atoms with Gasteiger partial charge in [0, 0.05) is 35.4 Å². The normalized spacial score (nSPS) is 20.7. The molecule has 1 aromatic rings. The molecule has 154 valence electrons. The Morgan fingerprint density at radius 3 is 2.63 bits per heavy atom. The number of nitrogens with one attached hydrogen (secondary N) is 2. The van der Waals surface area contributed by atoms with E-state index in [2.05, 4.69) is 41.5 Å². The van der Waals surface area contributed by atoms with Gasteiger partial charge in [-0.2, -0.15) is 0 Å². The van der Waals surface area contributed by atoms with Crippen molar-refractivity contribution in [1.29, 1.82) is 0 Å². The van der Waals surface area contributed by atoms with Crippen LogP contribution in [-0.4, -0.2) is 56.3 Å². The van der Waals surface area contributed by atoms with Gasteiger partial charge in [0.25, 0.3) is 0 Å². The summed E-state index contributed by atoms with van der Waals surface area (Å²) in [4.78, 5) is 10.3. The van der Waals surface area contributed by atoms with E-state index in [-0.39, 0.29) is 24.0 Å². The number of rotatable bonds is 6. The maximum absolute atomic E-state index is 5.56. The lowest BCUT2D eigenvalue weighted by molar-refractivity contribution is 0.0186. The average molecular weight is 506 g/mol. The summed E-state index contributed by atoms with van der Waals surface area (Å²) in [7, 11) is 0. The Labute approximate surface area is 185 Å². The summed E-state index contributed by atoms with van der Waals surface area (Å²) in [6.45, 7) is 9.65. The fraction of sp³-hybridized carbons (Fsp3) is 0.750. The minimum atomic E-state index is 0. The predicted molar refractivity (Wildman–Crippen MR) is 126 cm³/mol. The fourth-order valence-corrected chi connectivity index (χ4v) is 4.85. The molecular weight excluding hydrogens is 471 g/mol. The first kappa shape index (κ1) is 22.9. The van der Waals surface area contributed by atoms with Gasteiger partial charge in [0.15, 0.2) is 5.96 Å². The average Bonchev–Trinajstić information content (AvgIpc) is 3.10. The molecule has 0 amide bonds. The highest BCUT2D eigenvalue weighted by Gasteiger charge is 2.24. The molecule has 0 radical (unpaired) electrons. The summed E-state index contributed by atoms with van der Waals surface area (Å²) < 4.78 is 5.56. The first-order valence-electron chi connectivity index (χ1n) is 10.2. The lowest BCUT2D eigenvalue weighted by Crippen LogP contribution is -2.45. The number of ether oxygens (including phenoxy) is 1. The van der Waals surface area contributed by atoms with Crippen LogP contribution >= 0.6 is 35.3 Å². The van der Waals surface area contributed by atoms with E-state index in [1.165, 1.54) is 41.9 Å². The SMILES string of the molecule is CCNC(=NCC(c1ccc(C)s1)N1CCOCC1)NC1CCCCC1.I. The zero-order valence-corrected chi connectivity index (χ0v) is 19.9. The summed E-state index contributed by atoms with van der Waals surface area (Å²) in [5, 5.41) is 7.11. The quantitative estimate of drug-likeness (QED) is 0.349. The monoisotopic (exact) mass is 506 g/mol. The van der Waals surface area contributed by atoms with Crippen molar-refractivity contribution in [3.05, 3.63) is 21.9 Å². The van der Waals surface area contributed by atoms with Gasteiger partial charge in [-0.05, 0) is 38.8 Å². The summed E-state index contributed by atoms with van der Waals surface area (Å²) in [6.07, 6.45) is 6.58. The lowest BCUT2D eigenvalue weighted by Gasteiger charge is -2.33. The van der Waals surface area contributed by atoms with Crippen LogP contribution in [0.5, 0.6) is 0 Å². The molecule has 27 heavy (non-hydrogen) atoms. The van der Waals surface area contributed by atoms with E-state index in [4.69, 9.17) is 9.73 Å². The van der Waals surface area contributed by atoms with E-state index in [0.717, 1.165) is 45.4 Å². The molecule has 1 aliphatic heterocycles. The second-order valence-electron chi connectivity index (χ2n) is 7.31. The smallest absolute Gasteiger partial charge is 0.191 e. The number of guanidine groups is 1. The van der Waals surface area contributed by atoms with Gasteiger partial charge in [0.1, 0.15) is 0 Å². The summed E-state index contributed by atoms with van der Waals surface area (Å²) in [5.74, 6) is 0.978. The summed E-state index contributed by atoms with van der Waals surface area (Å²) in [5.41, 5.74) is 0. The Bertz CT molecular complexity index is 568. The second-order valence-corrected chi connectivity index (χ2v) is 8.63. The molecular formula is C20H35IN4OS. The molecule has 1 unspecified atom stereocenters. The van der Waals surface area contributed by atoms with Crippen molar-refractivity contribution in [2.45, 2.75) is 58.0 Å². The highest BCUT2D eigenvalue weighted by molar-refractivity contribution is 14.0. The van der Waals surface area contributed by atoms with Gasteiger partial charge >= 0.3 is 0 Å². The van der Waals surface area contributed by atoms with Crippen molar-refractivity contribution in [2.24, 2.45) is 4.99 Å². The van der Waals surface area contributed by atoms with E-state index in [0.29, 0.717) is 12.1 Å². The van der Waals surface area contributed by atoms with Crippen LogP contribution in [0.3, 0.4) is 0 Å². The molecule has 7 heteroatoms. The molecule has 1 saturated heterocycles. The molecule has 5 nitrogen and oxygen atoms in total. The van der Waals surface area contributed by atoms with Crippen LogP contribution in [0.25, 0.3) is 0 Å². The van der Waals surface area contributed by atoms with Crippen LogP contribution < -0.4 is 10.6 Å². The fourth-order valence-electron chi connectivity index (χ4n) is 3.85. The Morgan fingerprint density at radius 2 is 2.00 bits per heavy atom. The van der Waals surface area contributed by atoms with Crippen molar-refractivity contribution in [3.63, 3.8) is 0 Å². The van der Waals surface area contributed by atoms with Crippen LogP contribution in [-0.2, 0) is 4.74 Å². The topological polar surface area (TPSA) is 48.9 Å². The Morgan fingerprint density at radius 1 is 1.26 bits per heavy atom. The van der Waals surface area contributed by atoms with Gasteiger partial charge in [-0.15, -0.1) is 35.3 Å². The molecule has 1 atom stereocenters. The van der Waals surface area contributed by atoms with Gasteiger partial charge in [-0.25, -0.2) is 0 Å². The van der Waals surface area contributed by atoms with E-state index in [1.54, 1.807) is 0 Å². The van der Waals surface area contributed by atoms with E-state index in [1.807, 2.05) is 11.3 Å². The van der Waals surface area contributed by atoms with Gasteiger partial charge in [0.05, 0.1) is 25.8 Å². The Kier molecular flexibility index (Phi) is 10.4. The van der Waals surface area contributed by atoms with Gasteiger partial charge in [0.2, 0.25) is 0 Å². The summed E-state index contributed by atoms with van der Waals surface area (Å²) >= 11 is 1.90. The number of thiophene rings is 1. The lowest BCUT2D eigenvalue weighted by atomic mass is 9.96. The largest absolute Gasteiger partial charge is 0.379 e. The van der Waals surface area contributed by atoms with Gasteiger partial charge in [-0.3, -0.25) is 9.89 Å². The number of aryl methyl sites for hydroxylation is 1. The highest BCUT2D eigenvalue weighted by Crippen LogP contribution is 2.28. The molecule has 2 aliphatic rings. The van der Waals surface area contributed by atoms with Crippen LogP contribution in [0, 0.1) is 6.92 Å². The first-order chi connectivity index (χ1) is 12.8. The zero-order chi connectivity index (χ0) is 18.2. The van der Waals surface area contributed by atoms with Crippen molar-refractivity contribution in [1.82, 2.24) is 15.5 Å². The molecule has 1 aromatic heterocycles. The molecule has 2 heterocycles. The van der Waals surface area contributed by atoms with Crippen molar-refractivity contribution in [3.8, 4) is 0 Å². The maximum Gasteiger partial charge on any atom is 0.191 e. The number of morpholine rings is 1. The van der Waals surface area contributed by atoms with Gasteiger partial charge in [-0.1, -0.05) is 19.3 Å². The minimum Gasteiger partial charge on any atom is -0.379 e. The minimum absolute atomic E-state index is 0. The first-order valence-corrected chi connectivity index (χ1v) is 11.0. The molecule has 0 bridgehead atoms.